The van der Waals surface area contributed by atoms with E-state index < -0.39 is 15.8 Å². The number of nitrogens with one attached hydrogen (secondary N) is 1. The van der Waals surface area contributed by atoms with Crippen LogP contribution in [0.5, 0.6) is 0 Å². The SMILES string of the molecule is Cc1cc(S(=O)(=O)NC2CCC(C)C(C)C2)cc(N)c1F. The van der Waals surface area contributed by atoms with E-state index in [1.54, 1.807) is 0 Å². The number of hydrogen-bond acceptors (Lipinski definition) is 3. The van der Waals surface area contributed by atoms with Crippen LogP contribution < -0.4 is 10.5 Å². The lowest BCUT2D eigenvalue weighted by Crippen LogP contribution is -2.39. The third-order valence-electron chi connectivity index (χ3n) is 4.49. The van der Waals surface area contributed by atoms with Crippen molar-refractivity contribution in [3.63, 3.8) is 0 Å². The summed E-state index contributed by atoms with van der Waals surface area (Å²) in [6.45, 7) is 5.85. The van der Waals surface area contributed by atoms with Crippen LogP contribution in [0.3, 0.4) is 0 Å². The zero-order valence-electron chi connectivity index (χ0n) is 12.7. The Morgan fingerprint density at radius 2 is 1.90 bits per heavy atom. The van der Waals surface area contributed by atoms with E-state index in [0.717, 1.165) is 19.3 Å². The summed E-state index contributed by atoms with van der Waals surface area (Å²) < 4.78 is 41.1. The average Bonchev–Trinajstić information content (AvgIpc) is 2.39. The van der Waals surface area contributed by atoms with Crippen LogP contribution in [-0.4, -0.2) is 14.5 Å². The van der Waals surface area contributed by atoms with E-state index >= 15 is 0 Å². The van der Waals surface area contributed by atoms with Gasteiger partial charge in [0.2, 0.25) is 10.0 Å². The first-order chi connectivity index (χ1) is 9.70. The molecule has 2 rings (SSSR count). The van der Waals surface area contributed by atoms with Crippen molar-refractivity contribution in [3.05, 3.63) is 23.5 Å². The van der Waals surface area contributed by atoms with E-state index in [1.807, 2.05) is 0 Å². The lowest BCUT2D eigenvalue weighted by Gasteiger charge is -2.32. The standard InChI is InChI=1S/C15H23FN2O2S/c1-9-4-5-12(6-10(9)2)18-21(19,20)13-7-11(3)15(16)14(17)8-13/h7-10,12,18H,4-6,17H2,1-3H3. The monoisotopic (exact) mass is 314 g/mol. The van der Waals surface area contributed by atoms with Crippen LogP contribution in [0.1, 0.15) is 38.7 Å². The van der Waals surface area contributed by atoms with E-state index in [2.05, 4.69) is 18.6 Å². The molecule has 0 aromatic heterocycles. The van der Waals surface area contributed by atoms with Gasteiger partial charge in [-0.05, 0) is 55.7 Å². The summed E-state index contributed by atoms with van der Waals surface area (Å²) in [5.41, 5.74) is 5.62. The van der Waals surface area contributed by atoms with Crippen molar-refractivity contribution in [1.29, 1.82) is 0 Å². The maximum atomic E-state index is 13.5. The van der Waals surface area contributed by atoms with E-state index in [9.17, 15) is 12.8 Å². The summed E-state index contributed by atoms with van der Waals surface area (Å²) in [5.74, 6) is 0.551. The van der Waals surface area contributed by atoms with Gasteiger partial charge >= 0.3 is 0 Å². The van der Waals surface area contributed by atoms with Crippen molar-refractivity contribution < 1.29 is 12.8 Å². The van der Waals surface area contributed by atoms with Crippen molar-refractivity contribution in [2.45, 2.75) is 51.0 Å². The average molecular weight is 314 g/mol. The molecule has 0 aliphatic heterocycles. The number of nitrogen functional groups attached to an aromatic ring is 1. The highest BCUT2D eigenvalue weighted by atomic mass is 32.2. The van der Waals surface area contributed by atoms with Crippen LogP contribution in [0.15, 0.2) is 17.0 Å². The Labute approximate surface area is 126 Å². The van der Waals surface area contributed by atoms with Crippen LogP contribution in [0.25, 0.3) is 0 Å². The lowest BCUT2D eigenvalue weighted by molar-refractivity contribution is 0.242. The molecule has 1 aliphatic carbocycles. The first kappa shape index (κ1) is 16.2. The second kappa shape index (κ2) is 5.93. The lowest BCUT2D eigenvalue weighted by atomic mass is 9.79. The Morgan fingerprint density at radius 1 is 1.24 bits per heavy atom. The minimum atomic E-state index is -3.66. The Bertz CT molecular complexity index is 608. The molecule has 3 N–H and O–H groups in total. The van der Waals surface area contributed by atoms with E-state index in [-0.39, 0.29) is 22.2 Å². The molecule has 3 atom stereocenters. The molecule has 1 aliphatic rings. The molecule has 0 radical (unpaired) electrons. The van der Waals surface area contributed by atoms with E-state index in [1.165, 1.54) is 19.1 Å². The predicted octanol–water partition coefficient (Wildman–Crippen LogP) is 2.82. The van der Waals surface area contributed by atoms with Crippen LogP contribution in [-0.2, 0) is 10.0 Å². The van der Waals surface area contributed by atoms with Gasteiger partial charge in [-0.15, -0.1) is 0 Å². The highest BCUT2D eigenvalue weighted by Crippen LogP contribution is 2.30. The number of halogens is 1. The van der Waals surface area contributed by atoms with Gasteiger partial charge in [-0.3, -0.25) is 0 Å². The minimum Gasteiger partial charge on any atom is -0.396 e. The van der Waals surface area contributed by atoms with Gasteiger partial charge in [0.25, 0.3) is 0 Å². The number of hydrogen-bond donors (Lipinski definition) is 2. The molecule has 1 aromatic carbocycles. The quantitative estimate of drug-likeness (QED) is 0.843. The van der Waals surface area contributed by atoms with Gasteiger partial charge in [0.15, 0.2) is 0 Å². The molecular formula is C15H23FN2O2S. The molecule has 118 valence electrons. The summed E-state index contributed by atoms with van der Waals surface area (Å²) in [5, 5.41) is 0. The molecule has 21 heavy (non-hydrogen) atoms. The predicted molar refractivity (Wildman–Crippen MR) is 81.8 cm³/mol. The minimum absolute atomic E-state index is 0.0326. The molecule has 1 saturated carbocycles. The first-order valence-corrected chi connectivity index (χ1v) is 8.77. The molecule has 1 aromatic rings. The topological polar surface area (TPSA) is 72.2 Å². The fourth-order valence-corrected chi connectivity index (χ4v) is 4.26. The summed E-state index contributed by atoms with van der Waals surface area (Å²) in [7, 11) is -3.66. The third kappa shape index (κ3) is 3.55. The Kier molecular flexibility index (Phi) is 4.58. The summed E-state index contributed by atoms with van der Waals surface area (Å²) >= 11 is 0. The second-order valence-electron chi connectivity index (χ2n) is 6.23. The molecule has 0 bridgehead atoms. The molecule has 6 heteroatoms. The van der Waals surface area contributed by atoms with Gasteiger partial charge in [-0.1, -0.05) is 13.8 Å². The van der Waals surface area contributed by atoms with Gasteiger partial charge in [-0.25, -0.2) is 17.5 Å². The van der Waals surface area contributed by atoms with Crippen LogP contribution in [0.2, 0.25) is 0 Å². The maximum Gasteiger partial charge on any atom is 0.240 e. The van der Waals surface area contributed by atoms with Crippen molar-refractivity contribution >= 4 is 15.7 Å². The van der Waals surface area contributed by atoms with Gasteiger partial charge in [0, 0.05) is 6.04 Å². The second-order valence-corrected chi connectivity index (χ2v) is 7.94. The fraction of sp³-hybridized carbons (Fsp3) is 0.600. The fourth-order valence-electron chi connectivity index (χ4n) is 2.86. The molecule has 0 saturated heterocycles. The smallest absolute Gasteiger partial charge is 0.240 e. The van der Waals surface area contributed by atoms with Gasteiger partial charge in [0.1, 0.15) is 5.82 Å². The number of nitrogens with two attached hydrogens (primary N) is 1. The largest absolute Gasteiger partial charge is 0.396 e. The molecule has 0 heterocycles. The van der Waals surface area contributed by atoms with Crippen LogP contribution >= 0.6 is 0 Å². The van der Waals surface area contributed by atoms with Gasteiger partial charge in [-0.2, -0.15) is 0 Å². The highest BCUT2D eigenvalue weighted by Gasteiger charge is 2.28. The van der Waals surface area contributed by atoms with Crippen molar-refractivity contribution in [2.75, 3.05) is 5.73 Å². The summed E-state index contributed by atoms with van der Waals surface area (Å²) in [4.78, 5) is 0.0326. The Morgan fingerprint density at radius 3 is 2.48 bits per heavy atom. The van der Waals surface area contributed by atoms with Crippen molar-refractivity contribution in [2.24, 2.45) is 11.8 Å². The zero-order valence-corrected chi connectivity index (χ0v) is 13.5. The normalized spacial score (nSPS) is 26.8. The molecule has 1 fully saturated rings. The Balaban J connectivity index is 2.19. The molecular weight excluding hydrogens is 291 g/mol. The zero-order chi connectivity index (χ0) is 15.8. The molecule has 3 unspecified atom stereocenters. The summed E-state index contributed by atoms with van der Waals surface area (Å²) in [6, 6.07) is 2.44. The third-order valence-corrected chi connectivity index (χ3v) is 5.99. The molecule has 0 spiro atoms. The number of rotatable bonds is 3. The van der Waals surface area contributed by atoms with E-state index in [0.29, 0.717) is 11.8 Å². The number of benzene rings is 1. The Hall–Kier alpha value is -1.14. The van der Waals surface area contributed by atoms with E-state index in [4.69, 9.17) is 5.73 Å². The first-order valence-electron chi connectivity index (χ1n) is 7.28. The molecule has 4 nitrogen and oxygen atoms in total. The van der Waals surface area contributed by atoms with Gasteiger partial charge in [0.05, 0.1) is 10.6 Å². The number of aryl methyl sites for hydroxylation is 1. The highest BCUT2D eigenvalue weighted by molar-refractivity contribution is 7.89. The molecule has 0 amide bonds. The number of sulfonamides is 1. The summed E-state index contributed by atoms with van der Waals surface area (Å²) in [6.07, 6.45) is 2.68. The maximum absolute atomic E-state index is 13.5. The van der Waals surface area contributed by atoms with Gasteiger partial charge < -0.3 is 5.73 Å². The number of anilines is 1. The van der Waals surface area contributed by atoms with Crippen LogP contribution in [0, 0.1) is 24.6 Å². The van der Waals surface area contributed by atoms with Crippen molar-refractivity contribution in [1.82, 2.24) is 4.72 Å². The van der Waals surface area contributed by atoms with Crippen LogP contribution in [0.4, 0.5) is 10.1 Å². The van der Waals surface area contributed by atoms with Crippen molar-refractivity contribution in [3.8, 4) is 0 Å².